The third kappa shape index (κ3) is 2.00. The predicted octanol–water partition coefficient (Wildman–Crippen LogP) is 6.24. The smallest absolute Gasteiger partial charge is 0.0102 e. The minimum atomic E-state index is 0.553. The van der Waals surface area contributed by atoms with Crippen LogP contribution in [0.15, 0.2) is 48.5 Å². The average Bonchev–Trinajstić information content (AvgIpc) is 2.45. The SMILES string of the molecule is CC(C)c1ccc2c(ccc3ccccc32)c1C(C)C. The van der Waals surface area contributed by atoms with Crippen LogP contribution in [0.3, 0.4) is 0 Å². The van der Waals surface area contributed by atoms with Gasteiger partial charge in [0.05, 0.1) is 0 Å². The van der Waals surface area contributed by atoms with Crippen LogP contribution >= 0.6 is 0 Å². The molecule has 0 aliphatic heterocycles. The number of hydrogen-bond donors (Lipinski definition) is 0. The van der Waals surface area contributed by atoms with Crippen molar-refractivity contribution in [2.45, 2.75) is 39.5 Å². The van der Waals surface area contributed by atoms with E-state index in [1.165, 1.54) is 32.7 Å². The van der Waals surface area contributed by atoms with Crippen LogP contribution in [0.1, 0.15) is 50.7 Å². The van der Waals surface area contributed by atoms with Gasteiger partial charge in [-0.3, -0.25) is 0 Å². The summed E-state index contributed by atoms with van der Waals surface area (Å²) < 4.78 is 0. The van der Waals surface area contributed by atoms with Crippen molar-refractivity contribution in [2.24, 2.45) is 0 Å². The monoisotopic (exact) mass is 262 g/mol. The molecule has 0 amide bonds. The second-order valence-corrected chi connectivity index (χ2v) is 6.26. The third-order valence-corrected chi connectivity index (χ3v) is 4.20. The Morgan fingerprint density at radius 2 is 1.30 bits per heavy atom. The molecule has 0 unspecified atom stereocenters. The maximum absolute atomic E-state index is 2.33. The summed E-state index contributed by atoms with van der Waals surface area (Å²) in [6.07, 6.45) is 0. The lowest BCUT2D eigenvalue weighted by Crippen LogP contribution is -2.00. The Bertz CT molecular complexity index is 763. The molecule has 20 heavy (non-hydrogen) atoms. The highest BCUT2D eigenvalue weighted by atomic mass is 14.2. The maximum atomic E-state index is 2.33. The first-order valence-electron chi connectivity index (χ1n) is 7.54. The van der Waals surface area contributed by atoms with Crippen LogP contribution < -0.4 is 0 Å². The van der Waals surface area contributed by atoms with Crippen LogP contribution in [-0.4, -0.2) is 0 Å². The number of fused-ring (bicyclic) bond motifs is 3. The Morgan fingerprint density at radius 3 is 2.00 bits per heavy atom. The summed E-state index contributed by atoms with van der Waals surface area (Å²) >= 11 is 0. The van der Waals surface area contributed by atoms with Gasteiger partial charge in [0, 0.05) is 0 Å². The molecule has 0 saturated heterocycles. The third-order valence-electron chi connectivity index (χ3n) is 4.20. The Morgan fingerprint density at radius 1 is 0.600 bits per heavy atom. The van der Waals surface area contributed by atoms with E-state index < -0.39 is 0 Å². The molecule has 3 rings (SSSR count). The van der Waals surface area contributed by atoms with E-state index in [1.807, 2.05) is 0 Å². The Labute approximate surface area is 121 Å². The zero-order valence-corrected chi connectivity index (χ0v) is 12.8. The molecule has 3 aromatic rings. The van der Waals surface area contributed by atoms with Gasteiger partial charge < -0.3 is 0 Å². The highest BCUT2D eigenvalue weighted by Crippen LogP contribution is 2.36. The molecule has 0 aromatic heterocycles. The summed E-state index contributed by atoms with van der Waals surface area (Å²) in [5, 5.41) is 5.50. The number of rotatable bonds is 2. The van der Waals surface area contributed by atoms with Crippen molar-refractivity contribution in [1.82, 2.24) is 0 Å². The molecule has 0 nitrogen and oxygen atoms in total. The second-order valence-electron chi connectivity index (χ2n) is 6.26. The van der Waals surface area contributed by atoms with Crippen molar-refractivity contribution in [3.8, 4) is 0 Å². The molecule has 0 fully saturated rings. The standard InChI is InChI=1S/C20H22/c1-13(2)16-11-12-18-17-8-6-5-7-15(17)9-10-19(18)20(16)14(3)4/h5-14H,1-4H3. The van der Waals surface area contributed by atoms with Crippen molar-refractivity contribution < 1.29 is 0 Å². The van der Waals surface area contributed by atoms with E-state index in [1.54, 1.807) is 0 Å². The van der Waals surface area contributed by atoms with Crippen molar-refractivity contribution >= 4 is 21.5 Å². The van der Waals surface area contributed by atoms with Crippen LogP contribution in [0.2, 0.25) is 0 Å². The van der Waals surface area contributed by atoms with E-state index in [-0.39, 0.29) is 0 Å². The van der Waals surface area contributed by atoms with E-state index in [9.17, 15) is 0 Å². The average molecular weight is 262 g/mol. The lowest BCUT2D eigenvalue weighted by atomic mass is 9.85. The van der Waals surface area contributed by atoms with Gasteiger partial charge in [0.25, 0.3) is 0 Å². The van der Waals surface area contributed by atoms with Gasteiger partial charge in [0.1, 0.15) is 0 Å². The minimum absolute atomic E-state index is 0.553. The first kappa shape index (κ1) is 13.2. The number of benzene rings is 3. The van der Waals surface area contributed by atoms with Gasteiger partial charge in [-0.2, -0.15) is 0 Å². The first-order valence-corrected chi connectivity index (χ1v) is 7.54. The summed E-state index contributed by atoms with van der Waals surface area (Å²) in [5.41, 5.74) is 3.01. The van der Waals surface area contributed by atoms with Gasteiger partial charge in [-0.15, -0.1) is 0 Å². The van der Waals surface area contributed by atoms with Gasteiger partial charge in [-0.05, 0) is 44.5 Å². The topological polar surface area (TPSA) is 0 Å². The van der Waals surface area contributed by atoms with Gasteiger partial charge in [-0.25, -0.2) is 0 Å². The maximum Gasteiger partial charge on any atom is -0.0102 e. The Hall–Kier alpha value is -1.82. The van der Waals surface area contributed by atoms with Crippen LogP contribution in [0.5, 0.6) is 0 Å². The Balaban J connectivity index is 2.46. The molecule has 0 spiro atoms. The summed E-state index contributed by atoms with van der Waals surface area (Å²) in [4.78, 5) is 0. The Kier molecular flexibility index (Phi) is 3.25. The molecule has 0 radical (unpaired) electrons. The fourth-order valence-electron chi connectivity index (χ4n) is 3.28. The van der Waals surface area contributed by atoms with Crippen LogP contribution in [0, 0.1) is 0 Å². The highest BCUT2D eigenvalue weighted by molar-refractivity contribution is 6.08. The molecule has 0 atom stereocenters. The highest BCUT2D eigenvalue weighted by Gasteiger charge is 2.14. The van der Waals surface area contributed by atoms with Gasteiger partial charge in [0.15, 0.2) is 0 Å². The molecule has 0 aliphatic rings. The summed E-state index contributed by atoms with van der Waals surface area (Å²) in [7, 11) is 0. The molecule has 102 valence electrons. The molecular formula is C20H22. The van der Waals surface area contributed by atoms with Gasteiger partial charge in [-0.1, -0.05) is 76.2 Å². The van der Waals surface area contributed by atoms with E-state index in [0.717, 1.165) is 0 Å². The van der Waals surface area contributed by atoms with E-state index in [2.05, 4.69) is 76.2 Å². The zero-order chi connectivity index (χ0) is 14.3. The molecule has 0 bridgehead atoms. The van der Waals surface area contributed by atoms with Crippen molar-refractivity contribution in [3.63, 3.8) is 0 Å². The van der Waals surface area contributed by atoms with Crippen molar-refractivity contribution in [3.05, 3.63) is 59.7 Å². The normalized spacial score (nSPS) is 11.9. The zero-order valence-electron chi connectivity index (χ0n) is 12.8. The predicted molar refractivity (Wildman–Crippen MR) is 89.6 cm³/mol. The van der Waals surface area contributed by atoms with Crippen molar-refractivity contribution in [1.29, 1.82) is 0 Å². The summed E-state index contributed by atoms with van der Waals surface area (Å²) in [6, 6.07) is 17.9. The van der Waals surface area contributed by atoms with Crippen LogP contribution in [-0.2, 0) is 0 Å². The lowest BCUT2D eigenvalue weighted by molar-refractivity contribution is 0.798. The minimum Gasteiger partial charge on any atom is -0.0616 e. The van der Waals surface area contributed by atoms with Crippen molar-refractivity contribution in [2.75, 3.05) is 0 Å². The molecular weight excluding hydrogens is 240 g/mol. The summed E-state index contributed by atoms with van der Waals surface area (Å²) in [6.45, 7) is 9.17. The largest absolute Gasteiger partial charge is 0.0616 e. The van der Waals surface area contributed by atoms with Gasteiger partial charge in [0.2, 0.25) is 0 Å². The van der Waals surface area contributed by atoms with Crippen LogP contribution in [0.4, 0.5) is 0 Å². The summed E-state index contributed by atoms with van der Waals surface area (Å²) in [5.74, 6) is 1.13. The van der Waals surface area contributed by atoms with E-state index in [4.69, 9.17) is 0 Å². The molecule has 0 heteroatoms. The lowest BCUT2D eigenvalue weighted by Gasteiger charge is -2.19. The first-order chi connectivity index (χ1) is 9.59. The quantitative estimate of drug-likeness (QED) is 0.479. The second kappa shape index (κ2) is 4.94. The molecule has 3 aromatic carbocycles. The fourth-order valence-corrected chi connectivity index (χ4v) is 3.28. The van der Waals surface area contributed by atoms with Gasteiger partial charge >= 0.3 is 0 Å². The van der Waals surface area contributed by atoms with Crippen LogP contribution in [0.25, 0.3) is 21.5 Å². The molecule has 0 saturated carbocycles. The fraction of sp³-hybridized carbons (Fsp3) is 0.300. The number of hydrogen-bond acceptors (Lipinski definition) is 0. The van der Waals surface area contributed by atoms with E-state index >= 15 is 0 Å². The molecule has 0 N–H and O–H groups in total. The molecule has 0 heterocycles. The molecule has 0 aliphatic carbocycles. The van der Waals surface area contributed by atoms with E-state index in [0.29, 0.717) is 11.8 Å².